The molecule has 3 N–H and O–H groups in total. The Balaban J connectivity index is 2.03. The molecule has 0 aliphatic carbocycles. The highest BCUT2D eigenvalue weighted by molar-refractivity contribution is 8.00. The number of carbonyl (C=O) groups is 2. The zero-order chi connectivity index (χ0) is 20.0. The molecule has 11 heteroatoms. The summed E-state index contributed by atoms with van der Waals surface area (Å²) in [4.78, 5) is 33.7. The maximum atomic E-state index is 12.2. The average Bonchev–Trinajstić information content (AvgIpc) is 2.59. The lowest BCUT2D eigenvalue weighted by molar-refractivity contribution is -0.387. The van der Waals surface area contributed by atoms with Crippen LogP contribution in [0.1, 0.15) is 10.4 Å². The molecule has 0 atom stereocenters. The number of nitro benzene ring substituents is 1. The molecule has 0 saturated carbocycles. The third-order valence-corrected chi connectivity index (χ3v) is 4.20. The van der Waals surface area contributed by atoms with Gasteiger partial charge in [-0.05, 0) is 24.3 Å². The second-order valence-corrected chi connectivity index (χ2v) is 6.06. The van der Waals surface area contributed by atoms with Gasteiger partial charge in [0.1, 0.15) is 5.75 Å². The van der Waals surface area contributed by atoms with E-state index in [1.54, 1.807) is 0 Å². The fourth-order valence-electron chi connectivity index (χ4n) is 2.03. The lowest BCUT2D eigenvalue weighted by Crippen LogP contribution is -2.14. The standard InChI is InChI=1S/C16H13F2N3O5S/c17-16(18)26-11-3-1-2-10(7-11)20-14(22)8-27-13-5-4-9(15(19)23)6-12(13)21(24)25/h1-7,16H,8H2,(H2,19,23)(H,20,22). The van der Waals surface area contributed by atoms with Gasteiger partial charge in [-0.15, -0.1) is 11.8 Å². The number of hydrogen-bond acceptors (Lipinski definition) is 6. The first kappa shape index (κ1) is 20.1. The van der Waals surface area contributed by atoms with Crippen LogP contribution in [0.5, 0.6) is 5.75 Å². The minimum Gasteiger partial charge on any atom is -0.435 e. The summed E-state index contributed by atoms with van der Waals surface area (Å²) in [6.07, 6.45) is 0. The van der Waals surface area contributed by atoms with E-state index in [0.717, 1.165) is 17.8 Å². The van der Waals surface area contributed by atoms with Crippen molar-refractivity contribution in [3.8, 4) is 5.75 Å². The predicted molar refractivity (Wildman–Crippen MR) is 94.0 cm³/mol. The molecule has 0 aromatic heterocycles. The van der Waals surface area contributed by atoms with Gasteiger partial charge in [0.05, 0.1) is 15.6 Å². The summed E-state index contributed by atoms with van der Waals surface area (Å²) in [5.74, 6) is -1.62. The van der Waals surface area contributed by atoms with E-state index in [9.17, 15) is 28.5 Å². The van der Waals surface area contributed by atoms with E-state index in [-0.39, 0.29) is 33.3 Å². The lowest BCUT2D eigenvalue weighted by atomic mass is 10.2. The van der Waals surface area contributed by atoms with Crippen molar-refractivity contribution >= 4 is 35.0 Å². The smallest absolute Gasteiger partial charge is 0.387 e. The quantitative estimate of drug-likeness (QED) is 0.401. The molecule has 0 aliphatic rings. The Bertz CT molecular complexity index is 879. The van der Waals surface area contributed by atoms with E-state index >= 15 is 0 Å². The number of ether oxygens (including phenoxy) is 1. The Morgan fingerprint density at radius 2 is 2.00 bits per heavy atom. The predicted octanol–water partition coefficient (Wildman–Crippen LogP) is 3.03. The molecule has 0 unspecified atom stereocenters. The van der Waals surface area contributed by atoms with Crippen LogP contribution in [-0.2, 0) is 4.79 Å². The van der Waals surface area contributed by atoms with Crippen LogP contribution >= 0.6 is 11.8 Å². The number of nitrogens with two attached hydrogens (primary N) is 1. The van der Waals surface area contributed by atoms with Gasteiger partial charge in [0, 0.05) is 23.4 Å². The highest BCUT2D eigenvalue weighted by Crippen LogP contribution is 2.30. The molecule has 0 fully saturated rings. The van der Waals surface area contributed by atoms with Crippen molar-refractivity contribution < 1.29 is 28.0 Å². The maximum Gasteiger partial charge on any atom is 0.387 e. The summed E-state index contributed by atoms with van der Waals surface area (Å²) >= 11 is 0.881. The Morgan fingerprint density at radius 1 is 1.26 bits per heavy atom. The van der Waals surface area contributed by atoms with Gasteiger partial charge in [-0.3, -0.25) is 19.7 Å². The average molecular weight is 397 g/mol. The largest absolute Gasteiger partial charge is 0.435 e. The molecule has 2 amide bonds. The number of rotatable bonds is 8. The SMILES string of the molecule is NC(=O)c1ccc(SCC(=O)Nc2cccc(OC(F)F)c2)c([N+](=O)[O-])c1. The molecule has 27 heavy (non-hydrogen) atoms. The van der Waals surface area contributed by atoms with E-state index in [1.807, 2.05) is 0 Å². The van der Waals surface area contributed by atoms with Crippen molar-refractivity contribution in [2.45, 2.75) is 11.5 Å². The first-order valence-electron chi connectivity index (χ1n) is 7.32. The molecule has 0 spiro atoms. The number of alkyl halides is 2. The molecule has 0 heterocycles. The highest BCUT2D eigenvalue weighted by Gasteiger charge is 2.18. The minimum atomic E-state index is -2.99. The first-order chi connectivity index (χ1) is 12.8. The molecule has 2 rings (SSSR count). The van der Waals surface area contributed by atoms with E-state index in [2.05, 4.69) is 10.1 Å². The number of benzene rings is 2. The lowest BCUT2D eigenvalue weighted by Gasteiger charge is -2.08. The van der Waals surface area contributed by atoms with Gasteiger partial charge in [-0.1, -0.05) is 6.07 Å². The van der Waals surface area contributed by atoms with Crippen molar-refractivity contribution in [2.24, 2.45) is 5.73 Å². The van der Waals surface area contributed by atoms with Crippen LogP contribution in [0.25, 0.3) is 0 Å². The monoisotopic (exact) mass is 397 g/mol. The minimum absolute atomic E-state index is 0.0219. The number of thioether (sulfide) groups is 1. The van der Waals surface area contributed by atoms with Crippen LogP contribution in [0.3, 0.4) is 0 Å². The Hall–Kier alpha value is -3.21. The van der Waals surface area contributed by atoms with Gasteiger partial charge in [0.25, 0.3) is 5.69 Å². The Morgan fingerprint density at radius 3 is 2.63 bits per heavy atom. The number of nitrogens with one attached hydrogen (secondary N) is 1. The second kappa shape index (κ2) is 8.94. The normalized spacial score (nSPS) is 10.5. The van der Waals surface area contributed by atoms with E-state index < -0.39 is 23.3 Å². The van der Waals surface area contributed by atoms with Crippen molar-refractivity contribution in [1.29, 1.82) is 0 Å². The summed E-state index contributed by atoms with van der Waals surface area (Å²) in [5.41, 5.74) is 4.95. The van der Waals surface area contributed by atoms with Gasteiger partial charge in [0.15, 0.2) is 0 Å². The number of primary amides is 1. The number of anilines is 1. The van der Waals surface area contributed by atoms with Gasteiger partial charge in [-0.25, -0.2) is 0 Å². The second-order valence-electron chi connectivity index (χ2n) is 5.05. The van der Waals surface area contributed by atoms with Crippen molar-refractivity contribution in [2.75, 3.05) is 11.1 Å². The summed E-state index contributed by atoms with van der Waals surface area (Å²) in [7, 11) is 0. The van der Waals surface area contributed by atoms with Crippen LogP contribution in [0.4, 0.5) is 20.2 Å². The zero-order valence-corrected chi connectivity index (χ0v) is 14.4. The molecule has 142 valence electrons. The van der Waals surface area contributed by atoms with Crippen molar-refractivity contribution in [3.05, 3.63) is 58.1 Å². The third kappa shape index (κ3) is 5.92. The fraction of sp³-hybridized carbons (Fsp3) is 0.125. The number of hydrogen-bond donors (Lipinski definition) is 2. The van der Waals surface area contributed by atoms with Crippen molar-refractivity contribution in [3.63, 3.8) is 0 Å². The number of amides is 2. The third-order valence-electron chi connectivity index (χ3n) is 3.14. The molecule has 8 nitrogen and oxygen atoms in total. The van der Waals surface area contributed by atoms with E-state index in [1.165, 1.54) is 36.4 Å². The molecule has 2 aromatic carbocycles. The Kier molecular flexibility index (Phi) is 6.66. The molecule has 2 aromatic rings. The number of carbonyl (C=O) groups excluding carboxylic acids is 2. The van der Waals surface area contributed by atoms with Crippen LogP contribution < -0.4 is 15.8 Å². The van der Waals surface area contributed by atoms with Gasteiger partial charge < -0.3 is 15.8 Å². The zero-order valence-electron chi connectivity index (χ0n) is 13.6. The molecule has 0 aliphatic heterocycles. The van der Waals surface area contributed by atoms with Crippen LogP contribution in [0.15, 0.2) is 47.4 Å². The van der Waals surface area contributed by atoms with E-state index in [0.29, 0.717) is 0 Å². The maximum absolute atomic E-state index is 12.2. The van der Waals surface area contributed by atoms with Gasteiger partial charge in [-0.2, -0.15) is 8.78 Å². The van der Waals surface area contributed by atoms with Crippen LogP contribution in [-0.4, -0.2) is 29.1 Å². The fourth-order valence-corrected chi connectivity index (χ4v) is 2.83. The van der Waals surface area contributed by atoms with Crippen LogP contribution in [0, 0.1) is 10.1 Å². The Labute approximate surface area is 155 Å². The van der Waals surface area contributed by atoms with E-state index in [4.69, 9.17) is 5.73 Å². The highest BCUT2D eigenvalue weighted by atomic mass is 32.2. The topological polar surface area (TPSA) is 125 Å². The van der Waals surface area contributed by atoms with Gasteiger partial charge in [0.2, 0.25) is 11.8 Å². The first-order valence-corrected chi connectivity index (χ1v) is 8.30. The number of nitro groups is 1. The molecule has 0 saturated heterocycles. The molecular weight excluding hydrogens is 384 g/mol. The van der Waals surface area contributed by atoms with Crippen LogP contribution in [0.2, 0.25) is 0 Å². The number of halogens is 2. The number of nitrogens with zero attached hydrogens (tertiary/aromatic N) is 1. The molecule has 0 bridgehead atoms. The summed E-state index contributed by atoms with van der Waals surface area (Å²) in [6, 6.07) is 9.11. The summed E-state index contributed by atoms with van der Waals surface area (Å²) in [5, 5.41) is 13.6. The summed E-state index contributed by atoms with van der Waals surface area (Å²) in [6.45, 7) is -2.99. The molecule has 0 radical (unpaired) electrons. The summed E-state index contributed by atoms with van der Waals surface area (Å²) < 4.78 is 28.7. The van der Waals surface area contributed by atoms with Crippen molar-refractivity contribution in [1.82, 2.24) is 0 Å². The van der Waals surface area contributed by atoms with Gasteiger partial charge >= 0.3 is 6.61 Å². The molecular formula is C16H13F2N3O5S.